The summed E-state index contributed by atoms with van der Waals surface area (Å²) in [6, 6.07) is 18.4. The largest absolute Gasteiger partial charge is 0.322 e. The third-order valence-corrected chi connectivity index (χ3v) is 6.45. The topological polar surface area (TPSA) is 66.5 Å². The van der Waals surface area contributed by atoms with Gasteiger partial charge in [-0.1, -0.05) is 42.0 Å². The third-order valence-electron chi connectivity index (χ3n) is 5.31. The summed E-state index contributed by atoms with van der Waals surface area (Å²) in [7, 11) is -3.50. The van der Waals surface area contributed by atoms with E-state index in [1.807, 2.05) is 64.1 Å². The van der Waals surface area contributed by atoms with Crippen LogP contribution in [0.2, 0.25) is 0 Å². The Kier molecular flexibility index (Phi) is 6.51. The van der Waals surface area contributed by atoms with Crippen molar-refractivity contribution in [3.05, 3.63) is 94.0 Å². The minimum atomic E-state index is -3.50. The lowest BCUT2D eigenvalue weighted by Crippen LogP contribution is -2.29. The Balaban J connectivity index is 1.85. The number of hydrogen-bond donors (Lipinski definition) is 1. The van der Waals surface area contributed by atoms with Gasteiger partial charge in [-0.05, 0) is 74.2 Å². The van der Waals surface area contributed by atoms with Gasteiger partial charge in [-0.25, -0.2) is 8.42 Å². The average Bonchev–Trinajstić information content (AvgIpc) is 2.69. The molecule has 0 aromatic heterocycles. The van der Waals surface area contributed by atoms with Gasteiger partial charge in [-0.3, -0.25) is 9.10 Å². The van der Waals surface area contributed by atoms with Crippen LogP contribution in [0.1, 0.15) is 38.2 Å². The van der Waals surface area contributed by atoms with Gasteiger partial charge in [-0.15, -0.1) is 0 Å². The van der Waals surface area contributed by atoms with Gasteiger partial charge in [0.25, 0.3) is 5.91 Å². The van der Waals surface area contributed by atoms with E-state index in [0.29, 0.717) is 11.3 Å². The maximum Gasteiger partial charge on any atom is 0.255 e. The predicted octanol–water partition coefficient (Wildman–Crippen LogP) is 5.14. The molecule has 0 spiro atoms. The van der Waals surface area contributed by atoms with E-state index < -0.39 is 10.0 Å². The van der Waals surface area contributed by atoms with E-state index in [0.717, 1.165) is 33.5 Å². The Bertz CT molecular complexity index is 1190. The number of nitrogens with zero attached hydrogens (tertiary/aromatic N) is 1. The lowest BCUT2D eigenvalue weighted by Gasteiger charge is -2.23. The first-order chi connectivity index (χ1) is 14.6. The zero-order chi connectivity index (χ0) is 22.8. The van der Waals surface area contributed by atoms with E-state index in [-0.39, 0.29) is 12.5 Å². The Morgan fingerprint density at radius 3 is 2.00 bits per heavy atom. The third kappa shape index (κ3) is 5.33. The molecule has 162 valence electrons. The number of sulfonamides is 1. The molecule has 31 heavy (non-hydrogen) atoms. The van der Waals surface area contributed by atoms with Gasteiger partial charge in [0.1, 0.15) is 0 Å². The molecule has 0 aliphatic heterocycles. The molecule has 1 amide bonds. The molecule has 0 unspecified atom stereocenters. The number of carbonyl (C=O) groups is 1. The highest BCUT2D eigenvalue weighted by atomic mass is 32.2. The zero-order valence-corrected chi connectivity index (χ0v) is 19.4. The summed E-state index contributed by atoms with van der Waals surface area (Å²) in [6.45, 7) is 8.15. The number of aryl methyl sites for hydroxylation is 4. The second-order valence-corrected chi connectivity index (χ2v) is 9.88. The first-order valence-electron chi connectivity index (χ1n) is 10.1. The van der Waals surface area contributed by atoms with E-state index in [2.05, 4.69) is 5.32 Å². The Labute approximate surface area is 184 Å². The molecular weight excluding hydrogens is 408 g/mol. The lowest BCUT2D eigenvalue weighted by atomic mass is 10.0. The Morgan fingerprint density at radius 1 is 0.871 bits per heavy atom. The van der Waals surface area contributed by atoms with Crippen molar-refractivity contribution in [1.82, 2.24) is 0 Å². The maximum absolute atomic E-state index is 12.8. The van der Waals surface area contributed by atoms with Gasteiger partial charge in [0.2, 0.25) is 10.0 Å². The number of nitrogens with one attached hydrogen (secondary N) is 1. The highest BCUT2D eigenvalue weighted by Gasteiger charge is 2.19. The maximum atomic E-state index is 12.8. The molecule has 0 saturated carbocycles. The van der Waals surface area contributed by atoms with Gasteiger partial charge in [0.15, 0.2) is 0 Å². The monoisotopic (exact) mass is 436 g/mol. The molecule has 0 aliphatic rings. The van der Waals surface area contributed by atoms with E-state index in [1.165, 1.54) is 10.6 Å². The van der Waals surface area contributed by atoms with Gasteiger partial charge in [0, 0.05) is 11.3 Å². The summed E-state index contributed by atoms with van der Waals surface area (Å²) in [5, 5.41) is 2.98. The molecule has 0 fully saturated rings. The molecule has 0 bridgehead atoms. The molecule has 0 atom stereocenters. The number of anilines is 2. The second kappa shape index (κ2) is 8.94. The van der Waals surface area contributed by atoms with Crippen molar-refractivity contribution >= 4 is 27.3 Å². The number of rotatable bonds is 6. The van der Waals surface area contributed by atoms with E-state index >= 15 is 0 Å². The minimum absolute atomic E-state index is 0.230. The van der Waals surface area contributed by atoms with Crippen molar-refractivity contribution in [1.29, 1.82) is 0 Å². The van der Waals surface area contributed by atoms with Gasteiger partial charge < -0.3 is 5.32 Å². The second-order valence-electron chi connectivity index (χ2n) is 7.97. The minimum Gasteiger partial charge on any atom is -0.322 e. The first-order valence-corrected chi connectivity index (χ1v) is 11.9. The van der Waals surface area contributed by atoms with Crippen molar-refractivity contribution in [2.45, 2.75) is 34.2 Å². The van der Waals surface area contributed by atoms with Crippen molar-refractivity contribution in [2.75, 3.05) is 15.9 Å². The summed E-state index contributed by atoms with van der Waals surface area (Å²) < 4.78 is 26.3. The molecule has 1 N–H and O–H groups in total. The highest BCUT2D eigenvalue weighted by molar-refractivity contribution is 7.92. The molecule has 5 nitrogen and oxygen atoms in total. The van der Waals surface area contributed by atoms with Crippen LogP contribution in [0.25, 0.3) is 0 Å². The predicted molar refractivity (Wildman–Crippen MR) is 127 cm³/mol. The fraction of sp³-hybridized carbons (Fsp3) is 0.240. The standard InChI is InChI=1S/C25H28N2O3S/c1-17-14-19(3)24(20(4)15-17)26-25(28)21-10-12-23(13-11-21)27(31(5,29)30)16-22-9-7-6-8-18(22)2/h6-15H,16H2,1-5H3,(H,26,28). The molecule has 3 rings (SSSR count). The number of carbonyl (C=O) groups excluding carboxylic acids is 1. The van der Waals surface area contributed by atoms with Gasteiger partial charge in [0.05, 0.1) is 18.5 Å². The van der Waals surface area contributed by atoms with E-state index in [4.69, 9.17) is 0 Å². The summed E-state index contributed by atoms with van der Waals surface area (Å²) in [4.78, 5) is 12.8. The molecular formula is C25H28N2O3S. The first kappa shape index (κ1) is 22.6. The van der Waals surface area contributed by atoms with Crippen LogP contribution in [-0.2, 0) is 16.6 Å². The SMILES string of the molecule is Cc1cc(C)c(NC(=O)c2ccc(N(Cc3ccccc3C)S(C)(=O)=O)cc2)c(C)c1. The van der Waals surface area contributed by atoms with Crippen LogP contribution < -0.4 is 9.62 Å². The van der Waals surface area contributed by atoms with E-state index in [9.17, 15) is 13.2 Å². The average molecular weight is 437 g/mol. The van der Waals surface area contributed by atoms with E-state index in [1.54, 1.807) is 24.3 Å². The van der Waals surface area contributed by atoms with Gasteiger partial charge in [-0.2, -0.15) is 0 Å². The summed E-state index contributed by atoms with van der Waals surface area (Å²) in [6.07, 6.45) is 1.19. The van der Waals surface area contributed by atoms with Crippen molar-refractivity contribution < 1.29 is 13.2 Å². The Hall–Kier alpha value is -3.12. The van der Waals surface area contributed by atoms with Gasteiger partial charge >= 0.3 is 0 Å². The highest BCUT2D eigenvalue weighted by Crippen LogP contribution is 2.25. The summed E-state index contributed by atoms with van der Waals surface area (Å²) in [5.41, 5.74) is 6.89. The van der Waals surface area contributed by atoms with Crippen LogP contribution in [0.4, 0.5) is 11.4 Å². The Morgan fingerprint density at radius 2 is 1.45 bits per heavy atom. The molecule has 0 saturated heterocycles. The zero-order valence-electron chi connectivity index (χ0n) is 18.6. The molecule has 0 heterocycles. The van der Waals surface area contributed by atoms with Crippen LogP contribution in [0.3, 0.4) is 0 Å². The number of benzene rings is 3. The van der Waals surface area contributed by atoms with Crippen molar-refractivity contribution in [3.63, 3.8) is 0 Å². The summed E-state index contributed by atoms with van der Waals surface area (Å²) in [5.74, 6) is -0.230. The van der Waals surface area contributed by atoms with Crippen LogP contribution in [0.5, 0.6) is 0 Å². The van der Waals surface area contributed by atoms with Crippen molar-refractivity contribution in [2.24, 2.45) is 0 Å². The molecule has 0 aliphatic carbocycles. The number of hydrogen-bond acceptors (Lipinski definition) is 3. The normalized spacial score (nSPS) is 11.3. The molecule has 3 aromatic carbocycles. The summed E-state index contributed by atoms with van der Waals surface area (Å²) >= 11 is 0. The van der Waals surface area contributed by atoms with Crippen LogP contribution >= 0.6 is 0 Å². The van der Waals surface area contributed by atoms with Crippen LogP contribution in [-0.4, -0.2) is 20.6 Å². The van der Waals surface area contributed by atoms with Crippen LogP contribution in [0, 0.1) is 27.7 Å². The fourth-order valence-corrected chi connectivity index (χ4v) is 4.56. The quantitative estimate of drug-likeness (QED) is 0.582. The smallest absolute Gasteiger partial charge is 0.255 e. The van der Waals surface area contributed by atoms with Crippen molar-refractivity contribution in [3.8, 4) is 0 Å². The number of amides is 1. The fourth-order valence-electron chi connectivity index (χ4n) is 3.68. The molecule has 0 radical (unpaired) electrons. The molecule has 6 heteroatoms. The van der Waals surface area contributed by atoms with Crippen LogP contribution in [0.15, 0.2) is 60.7 Å². The molecule has 3 aromatic rings. The lowest BCUT2D eigenvalue weighted by molar-refractivity contribution is 0.102.